The number of nitrogens with zero attached hydrogens (tertiary/aromatic N) is 4. The van der Waals surface area contributed by atoms with Crippen LogP contribution in [0.3, 0.4) is 0 Å². The van der Waals surface area contributed by atoms with Gasteiger partial charge in [0.05, 0.1) is 22.7 Å². The number of hydrogen-bond acceptors (Lipinski definition) is 8. The zero-order valence-electron chi connectivity index (χ0n) is 14.9. The first-order valence-corrected chi connectivity index (χ1v) is 9.29. The van der Waals surface area contributed by atoms with Gasteiger partial charge in [-0.2, -0.15) is 0 Å². The summed E-state index contributed by atoms with van der Waals surface area (Å²) in [5.74, 6) is 0. The van der Waals surface area contributed by atoms with Crippen molar-refractivity contribution in [2.45, 2.75) is 37.1 Å². The summed E-state index contributed by atoms with van der Waals surface area (Å²) in [7, 11) is 0. The summed E-state index contributed by atoms with van der Waals surface area (Å²) < 4.78 is 7.29. The van der Waals surface area contributed by atoms with Crippen LogP contribution in [0.1, 0.15) is 18.7 Å². The molecule has 1 aromatic carbocycles. The predicted octanol–water partition coefficient (Wildman–Crippen LogP) is 0.883. The fourth-order valence-corrected chi connectivity index (χ4v) is 3.78. The molecule has 1 fully saturated rings. The SMILES string of the molecule is CC(O)(c1ccc(Cl)c(Cl)c1)[C@H]1O[C@@H](n2cnc3/c(=N/O)nc[nH]c32)[C@H](O)[C@@H]1O. The lowest BCUT2D eigenvalue weighted by atomic mass is 9.87. The lowest BCUT2D eigenvalue weighted by Gasteiger charge is -2.32. The van der Waals surface area contributed by atoms with E-state index in [1.165, 1.54) is 36.3 Å². The average molecular weight is 442 g/mol. The average Bonchev–Trinajstić information content (AvgIpc) is 3.25. The van der Waals surface area contributed by atoms with Crippen molar-refractivity contribution in [3.63, 3.8) is 0 Å². The molecule has 1 aliphatic rings. The number of H-pyrrole nitrogens is 1. The third-order valence-corrected chi connectivity index (χ3v) is 5.80. The van der Waals surface area contributed by atoms with Gasteiger partial charge in [-0.3, -0.25) is 4.57 Å². The normalized spacial score (nSPS) is 27.4. The number of hydrogen-bond donors (Lipinski definition) is 5. The maximum atomic E-state index is 11.1. The van der Waals surface area contributed by atoms with Crippen molar-refractivity contribution in [3.8, 4) is 0 Å². The van der Waals surface area contributed by atoms with Crippen molar-refractivity contribution in [1.82, 2.24) is 19.5 Å². The molecular formula is C17H17Cl2N5O5. The monoisotopic (exact) mass is 441 g/mol. The minimum absolute atomic E-state index is 0.0233. The highest BCUT2D eigenvalue weighted by atomic mass is 35.5. The molecule has 0 radical (unpaired) electrons. The Kier molecular flexibility index (Phi) is 5.01. The maximum Gasteiger partial charge on any atom is 0.222 e. The van der Waals surface area contributed by atoms with Crippen LogP contribution in [0.15, 0.2) is 36.0 Å². The molecule has 0 aliphatic carbocycles. The van der Waals surface area contributed by atoms with Gasteiger partial charge in [0.15, 0.2) is 11.7 Å². The van der Waals surface area contributed by atoms with E-state index in [1.54, 1.807) is 6.07 Å². The molecule has 5 atom stereocenters. The summed E-state index contributed by atoms with van der Waals surface area (Å²) in [6.07, 6.45) is -2.46. The Balaban J connectivity index is 1.72. The molecule has 3 heterocycles. The number of aliphatic hydroxyl groups is 3. The van der Waals surface area contributed by atoms with Gasteiger partial charge in [0.2, 0.25) is 5.49 Å². The van der Waals surface area contributed by atoms with E-state index in [0.29, 0.717) is 16.2 Å². The van der Waals surface area contributed by atoms with Gasteiger partial charge < -0.3 is 30.2 Å². The van der Waals surface area contributed by atoms with Crippen LogP contribution in [0.4, 0.5) is 0 Å². The third kappa shape index (κ3) is 3.18. The van der Waals surface area contributed by atoms with E-state index >= 15 is 0 Å². The van der Waals surface area contributed by atoms with Crippen LogP contribution in [-0.2, 0) is 10.3 Å². The van der Waals surface area contributed by atoms with Gasteiger partial charge in [-0.25, -0.2) is 9.97 Å². The number of halogens is 2. The van der Waals surface area contributed by atoms with Crippen molar-refractivity contribution in [1.29, 1.82) is 0 Å². The molecule has 5 N–H and O–H groups in total. The molecule has 12 heteroatoms. The minimum Gasteiger partial charge on any atom is -0.409 e. The molecule has 1 saturated heterocycles. The summed E-state index contributed by atoms with van der Waals surface area (Å²) in [5, 5.41) is 45.0. The summed E-state index contributed by atoms with van der Waals surface area (Å²) in [5.41, 5.74) is -0.781. The Morgan fingerprint density at radius 2 is 1.97 bits per heavy atom. The number of fused-ring (bicyclic) bond motifs is 1. The number of aliphatic hydroxyl groups excluding tert-OH is 2. The van der Waals surface area contributed by atoms with Crippen molar-refractivity contribution >= 4 is 34.4 Å². The van der Waals surface area contributed by atoms with E-state index in [9.17, 15) is 15.3 Å². The molecule has 0 saturated carbocycles. The Morgan fingerprint density at radius 3 is 2.66 bits per heavy atom. The molecule has 1 unspecified atom stereocenters. The number of benzene rings is 1. The highest BCUT2D eigenvalue weighted by molar-refractivity contribution is 6.42. The second-order valence-corrected chi connectivity index (χ2v) is 7.69. The van der Waals surface area contributed by atoms with Crippen LogP contribution in [0.25, 0.3) is 11.2 Å². The van der Waals surface area contributed by atoms with Gasteiger partial charge in [-0.05, 0) is 24.6 Å². The second-order valence-electron chi connectivity index (χ2n) is 6.88. The van der Waals surface area contributed by atoms with Crippen LogP contribution >= 0.6 is 23.2 Å². The lowest BCUT2D eigenvalue weighted by molar-refractivity contribution is -0.135. The van der Waals surface area contributed by atoms with Gasteiger partial charge in [0.1, 0.15) is 29.6 Å². The largest absolute Gasteiger partial charge is 0.409 e. The van der Waals surface area contributed by atoms with Crippen LogP contribution in [0.5, 0.6) is 0 Å². The first-order valence-electron chi connectivity index (χ1n) is 8.53. The van der Waals surface area contributed by atoms with E-state index in [2.05, 4.69) is 20.1 Å². The second kappa shape index (κ2) is 7.24. The standard InChI is InChI=1S/C17H17Cl2N5O5/c1-17(27,7-2-3-8(18)9(19)4-7)13-11(25)12(26)16(29-13)24-6-22-10-14(23-28)20-5-21-15(10)24/h2-6,11-13,16,25-28H,1H3,(H,20,21,23)/t11-,12+,13-,16+,17?/m0/s1. The molecule has 2 aromatic heterocycles. The van der Waals surface area contributed by atoms with Gasteiger partial charge in [0, 0.05) is 0 Å². The Morgan fingerprint density at radius 1 is 1.21 bits per heavy atom. The quantitative estimate of drug-likeness (QED) is 0.299. The molecule has 29 heavy (non-hydrogen) atoms. The highest BCUT2D eigenvalue weighted by Crippen LogP contribution is 2.41. The molecule has 3 aromatic rings. The van der Waals surface area contributed by atoms with E-state index < -0.39 is 30.1 Å². The molecular weight excluding hydrogens is 425 g/mol. The number of imidazole rings is 1. The predicted molar refractivity (Wildman–Crippen MR) is 101 cm³/mol. The van der Waals surface area contributed by atoms with Crippen molar-refractivity contribution in [3.05, 3.63) is 52.0 Å². The summed E-state index contributed by atoms with van der Waals surface area (Å²) in [6.45, 7) is 1.44. The number of ether oxygens (including phenoxy) is 1. The number of aromatic nitrogens is 4. The van der Waals surface area contributed by atoms with Gasteiger partial charge in [0.25, 0.3) is 0 Å². The van der Waals surface area contributed by atoms with Gasteiger partial charge in [-0.1, -0.05) is 34.4 Å². The zero-order chi connectivity index (χ0) is 20.9. The third-order valence-electron chi connectivity index (χ3n) is 5.06. The molecule has 0 amide bonds. The van der Waals surface area contributed by atoms with Crippen LogP contribution in [0.2, 0.25) is 10.0 Å². The Hall–Kier alpha value is -2.21. The van der Waals surface area contributed by atoms with E-state index in [-0.39, 0.29) is 16.0 Å². The van der Waals surface area contributed by atoms with E-state index in [0.717, 1.165) is 0 Å². The first kappa shape index (κ1) is 20.1. The summed E-state index contributed by atoms with van der Waals surface area (Å²) in [4.78, 5) is 10.8. The van der Waals surface area contributed by atoms with E-state index in [1.807, 2.05) is 0 Å². The smallest absolute Gasteiger partial charge is 0.222 e. The maximum absolute atomic E-state index is 11.1. The molecule has 0 bridgehead atoms. The fourth-order valence-electron chi connectivity index (χ4n) is 3.48. The fraction of sp³-hybridized carbons (Fsp3) is 0.353. The highest BCUT2D eigenvalue weighted by Gasteiger charge is 2.52. The number of rotatable bonds is 3. The van der Waals surface area contributed by atoms with Crippen molar-refractivity contribution < 1.29 is 25.3 Å². The first-order chi connectivity index (χ1) is 13.8. The minimum atomic E-state index is -1.70. The van der Waals surface area contributed by atoms with E-state index in [4.69, 9.17) is 33.1 Å². The molecule has 0 spiro atoms. The van der Waals surface area contributed by atoms with Gasteiger partial charge >= 0.3 is 0 Å². The molecule has 10 nitrogen and oxygen atoms in total. The zero-order valence-corrected chi connectivity index (χ0v) is 16.4. The topological polar surface area (TPSA) is 149 Å². The lowest BCUT2D eigenvalue weighted by Crippen LogP contribution is -2.45. The van der Waals surface area contributed by atoms with Crippen molar-refractivity contribution in [2.75, 3.05) is 0 Å². The molecule has 154 valence electrons. The Labute approximate surface area is 173 Å². The number of aromatic amines is 1. The van der Waals surface area contributed by atoms with Crippen LogP contribution in [-0.4, -0.2) is 58.4 Å². The summed E-state index contributed by atoms with van der Waals surface area (Å²) >= 11 is 12.0. The van der Waals surface area contributed by atoms with Gasteiger partial charge in [-0.15, -0.1) is 0 Å². The molecule has 1 aliphatic heterocycles. The summed E-state index contributed by atoms with van der Waals surface area (Å²) in [6, 6.07) is 4.56. The van der Waals surface area contributed by atoms with Crippen molar-refractivity contribution in [2.24, 2.45) is 5.16 Å². The molecule has 4 rings (SSSR count). The van der Waals surface area contributed by atoms with Crippen LogP contribution < -0.4 is 5.49 Å². The van der Waals surface area contributed by atoms with Crippen LogP contribution in [0, 0.1) is 0 Å². The Bertz CT molecular complexity index is 1130. The number of nitrogens with one attached hydrogen (secondary N) is 1.